The van der Waals surface area contributed by atoms with Gasteiger partial charge in [-0.2, -0.15) is 0 Å². The summed E-state index contributed by atoms with van der Waals surface area (Å²) in [6, 6.07) is 3.52. The molecule has 1 heterocycles. The van der Waals surface area contributed by atoms with Gasteiger partial charge >= 0.3 is 0 Å². The van der Waals surface area contributed by atoms with Crippen LogP contribution >= 0.6 is 0 Å². The molecule has 0 radical (unpaired) electrons. The summed E-state index contributed by atoms with van der Waals surface area (Å²) in [5.74, 6) is 0.208. The Morgan fingerprint density at radius 2 is 1.80 bits per heavy atom. The zero-order valence-electron chi connectivity index (χ0n) is 11.4. The van der Waals surface area contributed by atoms with Crippen molar-refractivity contribution in [2.75, 3.05) is 17.2 Å². The lowest BCUT2D eigenvalue weighted by molar-refractivity contribution is 0.574. The van der Waals surface area contributed by atoms with Crippen molar-refractivity contribution in [2.45, 2.75) is 20.4 Å². The Morgan fingerprint density at radius 1 is 1.10 bits per heavy atom. The molecule has 1 aromatic carbocycles. The molecule has 2 N–H and O–H groups in total. The number of aromatic nitrogens is 2. The maximum Gasteiger partial charge on any atom is 0.134 e. The van der Waals surface area contributed by atoms with Crippen LogP contribution in [-0.4, -0.2) is 16.5 Å². The van der Waals surface area contributed by atoms with Crippen molar-refractivity contribution in [3.63, 3.8) is 0 Å². The fourth-order valence-electron chi connectivity index (χ4n) is 1.82. The molecular weight excluding hydrogens is 262 g/mol. The molecule has 0 aliphatic carbocycles. The minimum absolute atomic E-state index is 0.232. The van der Waals surface area contributed by atoms with Gasteiger partial charge in [-0.1, -0.05) is 6.07 Å². The van der Waals surface area contributed by atoms with E-state index in [2.05, 4.69) is 20.6 Å². The number of benzene rings is 1. The van der Waals surface area contributed by atoms with Crippen molar-refractivity contribution >= 4 is 11.6 Å². The normalized spacial score (nSPS) is 10.4. The van der Waals surface area contributed by atoms with E-state index in [-0.39, 0.29) is 6.54 Å². The first-order chi connectivity index (χ1) is 9.61. The standard InChI is InChI=1S/C14H16F2N4/c1-3-17-13-9(2)14(20-8-19-13)18-7-10-4-5-11(15)6-12(10)16/h4-6,8H,3,7H2,1-2H3,(H2,17,18,19,20). The molecular formula is C14H16F2N4. The van der Waals surface area contributed by atoms with Crippen molar-refractivity contribution in [1.82, 2.24) is 9.97 Å². The molecule has 2 rings (SSSR count). The Kier molecular flexibility index (Phi) is 4.45. The molecule has 0 unspecified atom stereocenters. The third kappa shape index (κ3) is 3.20. The zero-order chi connectivity index (χ0) is 14.5. The number of anilines is 2. The SMILES string of the molecule is CCNc1ncnc(NCc2ccc(F)cc2F)c1C. The lowest BCUT2D eigenvalue weighted by atomic mass is 10.2. The van der Waals surface area contributed by atoms with Gasteiger partial charge in [0.1, 0.15) is 29.6 Å². The molecule has 0 atom stereocenters. The zero-order valence-corrected chi connectivity index (χ0v) is 11.4. The smallest absolute Gasteiger partial charge is 0.134 e. The molecule has 20 heavy (non-hydrogen) atoms. The lowest BCUT2D eigenvalue weighted by Crippen LogP contribution is -2.08. The van der Waals surface area contributed by atoms with E-state index in [1.807, 2.05) is 13.8 Å². The number of hydrogen-bond acceptors (Lipinski definition) is 4. The predicted molar refractivity (Wildman–Crippen MR) is 74.6 cm³/mol. The summed E-state index contributed by atoms with van der Waals surface area (Å²) in [5, 5.41) is 6.15. The van der Waals surface area contributed by atoms with Crippen molar-refractivity contribution < 1.29 is 8.78 Å². The summed E-state index contributed by atoms with van der Waals surface area (Å²) >= 11 is 0. The van der Waals surface area contributed by atoms with Crippen LogP contribution in [0, 0.1) is 18.6 Å². The molecule has 6 heteroatoms. The van der Waals surface area contributed by atoms with Crippen LogP contribution in [0.3, 0.4) is 0 Å². The molecule has 2 aromatic rings. The van der Waals surface area contributed by atoms with Crippen LogP contribution in [0.4, 0.5) is 20.4 Å². The number of hydrogen-bond donors (Lipinski definition) is 2. The second-order valence-electron chi connectivity index (χ2n) is 4.32. The highest BCUT2D eigenvalue weighted by molar-refractivity contribution is 5.56. The molecule has 1 aromatic heterocycles. The van der Waals surface area contributed by atoms with E-state index in [9.17, 15) is 8.78 Å². The van der Waals surface area contributed by atoms with Gasteiger partial charge in [0.2, 0.25) is 0 Å². The Balaban J connectivity index is 2.12. The average molecular weight is 278 g/mol. The summed E-state index contributed by atoms with van der Waals surface area (Å²) in [6.07, 6.45) is 1.44. The van der Waals surface area contributed by atoms with Gasteiger partial charge in [-0.25, -0.2) is 18.7 Å². The first-order valence-electron chi connectivity index (χ1n) is 6.35. The number of nitrogens with zero attached hydrogens (tertiary/aromatic N) is 2. The van der Waals surface area contributed by atoms with Crippen molar-refractivity contribution in [1.29, 1.82) is 0 Å². The largest absolute Gasteiger partial charge is 0.370 e. The van der Waals surface area contributed by atoms with Crippen LogP contribution in [0.1, 0.15) is 18.1 Å². The molecule has 0 aliphatic rings. The minimum Gasteiger partial charge on any atom is -0.370 e. The highest BCUT2D eigenvalue weighted by atomic mass is 19.1. The maximum absolute atomic E-state index is 13.5. The molecule has 0 amide bonds. The minimum atomic E-state index is -0.584. The molecule has 0 saturated carbocycles. The molecule has 0 saturated heterocycles. The molecule has 106 valence electrons. The van der Waals surface area contributed by atoms with E-state index in [0.717, 1.165) is 24.0 Å². The fraction of sp³-hybridized carbons (Fsp3) is 0.286. The Labute approximate surface area is 116 Å². The lowest BCUT2D eigenvalue weighted by Gasteiger charge is -2.12. The van der Waals surface area contributed by atoms with Gasteiger partial charge in [0.15, 0.2) is 0 Å². The van der Waals surface area contributed by atoms with Crippen LogP contribution in [0.15, 0.2) is 24.5 Å². The van der Waals surface area contributed by atoms with E-state index in [0.29, 0.717) is 11.4 Å². The Hall–Kier alpha value is -2.24. The van der Waals surface area contributed by atoms with Gasteiger partial charge in [-0.3, -0.25) is 0 Å². The second kappa shape index (κ2) is 6.27. The average Bonchev–Trinajstić information content (AvgIpc) is 2.42. The Morgan fingerprint density at radius 3 is 2.45 bits per heavy atom. The summed E-state index contributed by atoms with van der Waals surface area (Å²) in [4.78, 5) is 8.25. The summed E-state index contributed by atoms with van der Waals surface area (Å²) < 4.78 is 26.4. The van der Waals surface area contributed by atoms with Crippen molar-refractivity contribution in [3.05, 3.63) is 47.3 Å². The van der Waals surface area contributed by atoms with Crippen LogP contribution in [0.5, 0.6) is 0 Å². The second-order valence-corrected chi connectivity index (χ2v) is 4.32. The summed E-state index contributed by atoms with van der Waals surface area (Å²) in [5.41, 5.74) is 1.24. The monoisotopic (exact) mass is 278 g/mol. The van der Waals surface area contributed by atoms with Gasteiger partial charge in [-0.15, -0.1) is 0 Å². The first-order valence-corrected chi connectivity index (χ1v) is 6.35. The van der Waals surface area contributed by atoms with E-state index >= 15 is 0 Å². The van der Waals surface area contributed by atoms with E-state index in [1.54, 1.807) is 0 Å². The summed E-state index contributed by atoms with van der Waals surface area (Å²) in [7, 11) is 0. The van der Waals surface area contributed by atoms with Gasteiger partial charge in [0, 0.05) is 30.3 Å². The van der Waals surface area contributed by atoms with Crippen molar-refractivity contribution in [3.8, 4) is 0 Å². The van der Waals surface area contributed by atoms with Crippen LogP contribution in [0.25, 0.3) is 0 Å². The van der Waals surface area contributed by atoms with E-state index in [4.69, 9.17) is 0 Å². The van der Waals surface area contributed by atoms with Gasteiger partial charge in [0.25, 0.3) is 0 Å². The number of nitrogens with one attached hydrogen (secondary N) is 2. The number of rotatable bonds is 5. The van der Waals surface area contributed by atoms with Crippen molar-refractivity contribution in [2.24, 2.45) is 0 Å². The molecule has 0 spiro atoms. The molecule has 0 aliphatic heterocycles. The van der Waals surface area contributed by atoms with E-state index in [1.165, 1.54) is 18.5 Å². The topological polar surface area (TPSA) is 49.8 Å². The van der Waals surface area contributed by atoms with Gasteiger partial charge in [0.05, 0.1) is 0 Å². The fourth-order valence-corrected chi connectivity index (χ4v) is 1.82. The molecule has 4 nitrogen and oxygen atoms in total. The third-order valence-electron chi connectivity index (χ3n) is 2.89. The van der Waals surface area contributed by atoms with Gasteiger partial charge in [-0.05, 0) is 19.9 Å². The highest BCUT2D eigenvalue weighted by Gasteiger charge is 2.08. The van der Waals surface area contributed by atoms with Crippen LogP contribution in [-0.2, 0) is 6.54 Å². The van der Waals surface area contributed by atoms with E-state index < -0.39 is 11.6 Å². The van der Waals surface area contributed by atoms with Crippen LogP contribution < -0.4 is 10.6 Å². The first kappa shape index (κ1) is 14.2. The number of halogens is 2. The van der Waals surface area contributed by atoms with Crippen LogP contribution in [0.2, 0.25) is 0 Å². The molecule has 0 fully saturated rings. The molecule has 0 bridgehead atoms. The quantitative estimate of drug-likeness (QED) is 0.882. The predicted octanol–water partition coefficient (Wildman–Crippen LogP) is 3.11. The highest BCUT2D eigenvalue weighted by Crippen LogP contribution is 2.19. The summed E-state index contributed by atoms with van der Waals surface area (Å²) in [6.45, 7) is 4.84. The van der Waals surface area contributed by atoms with Gasteiger partial charge < -0.3 is 10.6 Å². The third-order valence-corrected chi connectivity index (χ3v) is 2.89. The maximum atomic E-state index is 13.5. The Bertz CT molecular complexity index is 602.